The molecule has 26 heavy (non-hydrogen) atoms. The maximum absolute atomic E-state index is 5.41. The maximum atomic E-state index is 5.41. The third-order valence-electron chi connectivity index (χ3n) is 4.41. The van der Waals surface area contributed by atoms with Gasteiger partial charge in [-0.2, -0.15) is 0 Å². The van der Waals surface area contributed by atoms with E-state index in [1.807, 2.05) is 18.2 Å². The van der Waals surface area contributed by atoms with Crippen LogP contribution in [0.5, 0.6) is 11.5 Å². The van der Waals surface area contributed by atoms with E-state index in [1.54, 1.807) is 7.05 Å². The van der Waals surface area contributed by atoms with Gasteiger partial charge in [-0.1, -0.05) is 13.0 Å². The van der Waals surface area contributed by atoms with Crippen LogP contribution in [-0.2, 0) is 11.3 Å². The van der Waals surface area contributed by atoms with Crippen LogP contribution >= 0.6 is 24.0 Å². The Morgan fingerprint density at radius 3 is 2.73 bits per heavy atom. The fourth-order valence-corrected chi connectivity index (χ4v) is 3.02. The molecule has 0 bridgehead atoms. The molecule has 0 radical (unpaired) electrons. The Hall–Kier alpha value is -1.26. The largest absolute Gasteiger partial charge is 0.454 e. The average molecular weight is 476 g/mol. The number of nitrogens with one attached hydrogen (secondary N) is 2. The smallest absolute Gasteiger partial charge is 0.231 e. The lowest BCUT2D eigenvalue weighted by molar-refractivity contribution is 0.0320. The van der Waals surface area contributed by atoms with Crippen molar-refractivity contribution in [1.82, 2.24) is 15.5 Å². The molecule has 1 saturated heterocycles. The van der Waals surface area contributed by atoms with Crippen molar-refractivity contribution in [3.63, 3.8) is 0 Å². The van der Waals surface area contributed by atoms with E-state index >= 15 is 0 Å². The van der Waals surface area contributed by atoms with Crippen LogP contribution in [0, 0.1) is 5.92 Å². The molecule has 0 aromatic heterocycles. The van der Waals surface area contributed by atoms with Gasteiger partial charge in [-0.05, 0) is 23.6 Å². The molecule has 0 aliphatic carbocycles. The van der Waals surface area contributed by atoms with Crippen molar-refractivity contribution in [1.29, 1.82) is 0 Å². The van der Waals surface area contributed by atoms with Gasteiger partial charge in [-0.25, -0.2) is 0 Å². The zero-order valence-electron chi connectivity index (χ0n) is 15.5. The summed E-state index contributed by atoms with van der Waals surface area (Å²) in [6.07, 6.45) is 0. The van der Waals surface area contributed by atoms with Crippen molar-refractivity contribution in [2.45, 2.75) is 13.5 Å². The standard InChI is InChI=1S/C18H28N4O3.HI/c1-14(12-22-5-7-23-8-6-22)10-20-18(19-2)21-11-15-3-4-16-17(9-15)25-13-24-16;/h3-4,9,14H,5-8,10-13H2,1-2H3,(H2,19,20,21);1H. The van der Waals surface area contributed by atoms with Gasteiger partial charge in [0.05, 0.1) is 13.2 Å². The summed E-state index contributed by atoms with van der Waals surface area (Å²) in [6.45, 7) is 8.96. The van der Waals surface area contributed by atoms with E-state index in [0.29, 0.717) is 19.3 Å². The predicted octanol–water partition coefficient (Wildman–Crippen LogP) is 1.67. The minimum atomic E-state index is 0. The number of hydrogen-bond donors (Lipinski definition) is 2. The third-order valence-corrected chi connectivity index (χ3v) is 4.41. The number of guanidine groups is 1. The number of nitrogens with zero attached hydrogens (tertiary/aromatic N) is 2. The average Bonchev–Trinajstić information content (AvgIpc) is 3.10. The zero-order valence-corrected chi connectivity index (χ0v) is 17.8. The van der Waals surface area contributed by atoms with Gasteiger partial charge < -0.3 is 24.8 Å². The Bertz CT molecular complexity index is 594. The molecule has 0 spiro atoms. The Labute approximate surface area is 172 Å². The summed E-state index contributed by atoms with van der Waals surface area (Å²) < 4.78 is 16.1. The van der Waals surface area contributed by atoms with Crippen LogP contribution in [0.2, 0.25) is 0 Å². The minimum Gasteiger partial charge on any atom is -0.454 e. The normalized spacial score (nSPS) is 18.2. The van der Waals surface area contributed by atoms with E-state index in [1.165, 1.54) is 0 Å². The third kappa shape index (κ3) is 6.17. The molecule has 2 aliphatic rings. The molecule has 2 N–H and O–H groups in total. The number of ether oxygens (including phenoxy) is 3. The van der Waals surface area contributed by atoms with Crippen molar-refractivity contribution < 1.29 is 14.2 Å². The van der Waals surface area contributed by atoms with Crippen LogP contribution in [0.15, 0.2) is 23.2 Å². The van der Waals surface area contributed by atoms with E-state index in [-0.39, 0.29) is 24.0 Å². The van der Waals surface area contributed by atoms with Gasteiger partial charge >= 0.3 is 0 Å². The van der Waals surface area contributed by atoms with Crippen molar-refractivity contribution >= 4 is 29.9 Å². The molecule has 1 atom stereocenters. The fraction of sp³-hybridized carbons (Fsp3) is 0.611. The van der Waals surface area contributed by atoms with Crippen LogP contribution in [0.4, 0.5) is 0 Å². The SMILES string of the molecule is CN=C(NCc1ccc2c(c1)OCO2)NCC(C)CN1CCOCC1.I. The Morgan fingerprint density at radius 2 is 1.96 bits per heavy atom. The number of benzene rings is 1. The summed E-state index contributed by atoms with van der Waals surface area (Å²) in [6, 6.07) is 5.98. The Morgan fingerprint density at radius 1 is 1.19 bits per heavy atom. The molecule has 0 saturated carbocycles. The molecule has 146 valence electrons. The van der Waals surface area contributed by atoms with Gasteiger partial charge in [0, 0.05) is 39.8 Å². The summed E-state index contributed by atoms with van der Waals surface area (Å²) in [4.78, 5) is 6.76. The summed E-state index contributed by atoms with van der Waals surface area (Å²) >= 11 is 0. The monoisotopic (exact) mass is 476 g/mol. The molecule has 1 fully saturated rings. The van der Waals surface area contributed by atoms with Gasteiger partial charge in [-0.15, -0.1) is 24.0 Å². The Kier molecular flexibility index (Phi) is 8.73. The van der Waals surface area contributed by atoms with Crippen molar-refractivity contribution in [3.05, 3.63) is 23.8 Å². The first kappa shape index (κ1) is 21.0. The fourth-order valence-electron chi connectivity index (χ4n) is 3.02. The van der Waals surface area contributed by atoms with Crippen molar-refractivity contribution in [2.24, 2.45) is 10.9 Å². The second-order valence-electron chi connectivity index (χ2n) is 6.51. The van der Waals surface area contributed by atoms with Crippen molar-refractivity contribution in [3.8, 4) is 11.5 Å². The second kappa shape index (κ2) is 10.8. The van der Waals surface area contributed by atoms with E-state index in [4.69, 9.17) is 14.2 Å². The highest BCUT2D eigenvalue weighted by Crippen LogP contribution is 2.32. The summed E-state index contributed by atoms with van der Waals surface area (Å²) in [5.74, 6) is 2.97. The van der Waals surface area contributed by atoms with Crippen LogP contribution in [-0.4, -0.2) is 64.1 Å². The second-order valence-corrected chi connectivity index (χ2v) is 6.51. The maximum Gasteiger partial charge on any atom is 0.231 e. The van der Waals surface area contributed by atoms with Crippen molar-refractivity contribution in [2.75, 3.05) is 53.2 Å². The molecule has 3 rings (SSSR count). The molecular weight excluding hydrogens is 447 g/mol. The number of fused-ring (bicyclic) bond motifs is 1. The van der Waals surface area contributed by atoms with Gasteiger partial charge in [0.25, 0.3) is 0 Å². The van der Waals surface area contributed by atoms with E-state index < -0.39 is 0 Å². The van der Waals surface area contributed by atoms with Crippen LogP contribution < -0.4 is 20.1 Å². The molecule has 1 aromatic rings. The molecule has 2 heterocycles. The highest BCUT2D eigenvalue weighted by atomic mass is 127. The van der Waals surface area contributed by atoms with E-state index in [0.717, 1.165) is 62.4 Å². The van der Waals surface area contributed by atoms with Gasteiger partial charge in [0.1, 0.15) is 0 Å². The summed E-state index contributed by atoms with van der Waals surface area (Å²) in [5.41, 5.74) is 1.13. The minimum absolute atomic E-state index is 0. The van der Waals surface area contributed by atoms with Crippen LogP contribution in [0.1, 0.15) is 12.5 Å². The number of rotatable bonds is 6. The quantitative estimate of drug-likeness (QED) is 0.370. The topological polar surface area (TPSA) is 67.4 Å². The number of aliphatic imine (C=N–C) groups is 1. The first-order valence-electron chi connectivity index (χ1n) is 8.87. The molecular formula is C18H29IN4O3. The van der Waals surface area contributed by atoms with Gasteiger partial charge in [0.15, 0.2) is 17.5 Å². The predicted molar refractivity (Wildman–Crippen MR) is 113 cm³/mol. The van der Waals surface area contributed by atoms with E-state index in [2.05, 4.69) is 27.4 Å². The Balaban J connectivity index is 0.00000243. The van der Waals surface area contributed by atoms with Crippen LogP contribution in [0.3, 0.4) is 0 Å². The number of halogens is 1. The molecule has 7 nitrogen and oxygen atoms in total. The summed E-state index contributed by atoms with van der Waals surface area (Å²) in [5, 5.41) is 6.75. The lowest BCUT2D eigenvalue weighted by Crippen LogP contribution is -2.43. The summed E-state index contributed by atoms with van der Waals surface area (Å²) in [7, 11) is 1.79. The highest BCUT2D eigenvalue weighted by Gasteiger charge is 2.15. The molecule has 1 aromatic carbocycles. The van der Waals surface area contributed by atoms with E-state index in [9.17, 15) is 0 Å². The first-order valence-corrected chi connectivity index (χ1v) is 8.87. The molecule has 8 heteroatoms. The molecule has 1 unspecified atom stereocenters. The molecule has 0 amide bonds. The van der Waals surface area contributed by atoms with Gasteiger partial charge in [0.2, 0.25) is 6.79 Å². The van der Waals surface area contributed by atoms with Gasteiger partial charge in [-0.3, -0.25) is 9.89 Å². The first-order chi connectivity index (χ1) is 12.2. The number of hydrogen-bond acceptors (Lipinski definition) is 5. The zero-order chi connectivity index (χ0) is 17.5. The number of morpholine rings is 1. The molecule has 2 aliphatic heterocycles. The lowest BCUT2D eigenvalue weighted by atomic mass is 10.1. The van der Waals surface area contributed by atoms with Crippen LogP contribution in [0.25, 0.3) is 0 Å². The lowest BCUT2D eigenvalue weighted by Gasteiger charge is -2.29. The highest BCUT2D eigenvalue weighted by molar-refractivity contribution is 14.0.